The predicted octanol–water partition coefficient (Wildman–Crippen LogP) is 2.43. The monoisotopic (exact) mass is 395 g/mol. The van der Waals surface area contributed by atoms with Crippen molar-refractivity contribution in [3.63, 3.8) is 0 Å². The van der Waals surface area contributed by atoms with Gasteiger partial charge >= 0.3 is 0 Å². The molecule has 0 radical (unpaired) electrons. The van der Waals surface area contributed by atoms with Crippen molar-refractivity contribution in [2.45, 2.75) is 23.8 Å². The third-order valence-electron chi connectivity index (χ3n) is 4.37. The molecular weight excluding hydrogens is 377 g/mol. The number of sulfonamides is 1. The lowest BCUT2D eigenvalue weighted by molar-refractivity contribution is -0.384. The molecule has 1 aliphatic heterocycles. The maximum atomic E-state index is 12.9. The molecule has 8 nitrogen and oxygen atoms in total. The van der Waals surface area contributed by atoms with Crippen LogP contribution in [0.2, 0.25) is 0 Å². The number of primary sulfonamides is 1. The van der Waals surface area contributed by atoms with Crippen molar-refractivity contribution in [1.29, 1.82) is 0 Å². The Morgan fingerprint density at radius 1 is 1.15 bits per heavy atom. The van der Waals surface area contributed by atoms with Crippen LogP contribution in [0.1, 0.15) is 12.8 Å². The maximum absolute atomic E-state index is 12.9. The first-order valence-electron chi connectivity index (χ1n) is 8.22. The highest BCUT2D eigenvalue weighted by molar-refractivity contribution is 7.89. The zero-order valence-corrected chi connectivity index (χ0v) is 15.1. The number of nitro benzene ring substituents is 1. The lowest BCUT2D eigenvalue weighted by Crippen LogP contribution is -2.38. The second-order valence-corrected chi connectivity index (χ2v) is 7.77. The molecule has 1 aliphatic rings. The van der Waals surface area contributed by atoms with Crippen LogP contribution >= 0.6 is 0 Å². The summed E-state index contributed by atoms with van der Waals surface area (Å²) in [6, 6.07) is 9.39. The van der Waals surface area contributed by atoms with E-state index < -0.39 is 14.9 Å². The fraction of sp³-hybridized carbons (Fsp3) is 0.294. The first-order valence-corrected chi connectivity index (χ1v) is 9.77. The van der Waals surface area contributed by atoms with Gasteiger partial charge in [0.05, 0.1) is 9.82 Å². The highest BCUT2D eigenvalue weighted by Crippen LogP contribution is 2.33. The Hall–Kier alpha value is -2.72. The third kappa shape index (κ3) is 4.52. The Kier molecular flexibility index (Phi) is 5.29. The summed E-state index contributed by atoms with van der Waals surface area (Å²) < 4.78 is 41.6. The van der Waals surface area contributed by atoms with Crippen LogP contribution in [0.15, 0.2) is 47.4 Å². The minimum absolute atomic E-state index is 0.0885. The average Bonchev–Trinajstić information content (AvgIpc) is 2.63. The van der Waals surface area contributed by atoms with E-state index in [0.717, 1.165) is 6.07 Å². The van der Waals surface area contributed by atoms with Gasteiger partial charge in [0.25, 0.3) is 5.69 Å². The second-order valence-electron chi connectivity index (χ2n) is 6.21. The molecule has 1 heterocycles. The SMILES string of the molecule is NS(=O)(=O)c1ccc(N2CCC(Oc3ccc(F)cc3)CC2)c([N+](=O)[O-])c1. The van der Waals surface area contributed by atoms with Gasteiger partial charge in [-0.15, -0.1) is 0 Å². The van der Waals surface area contributed by atoms with Gasteiger partial charge in [0.2, 0.25) is 10.0 Å². The van der Waals surface area contributed by atoms with E-state index in [2.05, 4.69) is 0 Å². The normalized spacial score (nSPS) is 15.6. The predicted molar refractivity (Wildman–Crippen MR) is 96.7 cm³/mol. The Labute approximate surface area is 155 Å². The smallest absolute Gasteiger partial charge is 0.293 e. The number of benzene rings is 2. The summed E-state index contributed by atoms with van der Waals surface area (Å²) in [7, 11) is -4.02. The van der Waals surface area contributed by atoms with Gasteiger partial charge in [0.15, 0.2) is 0 Å². The summed E-state index contributed by atoms with van der Waals surface area (Å²) in [5.74, 6) is 0.228. The fourth-order valence-corrected chi connectivity index (χ4v) is 3.55. The number of piperidine rings is 1. The lowest BCUT2D eigenvalue weighted by atomic mass is 10.1. The lowest BCUT2D eigenvalue weighted by Gasteiger charge is -2.33. The third-order valence-corrected chi connectivity index (χ3v) is 5.28. The quantitative estimate of drug-likeness (QED) is 0.614. The van der Waals surface area contributed by atoms with Gasteiger partial charge in [0, 0.05) is 32.0 Å². The summed E-state index contributed by atoms with van der Waals surface area (Å²) >= 11 is 0. The van der Waals surface area contributed by atoms with E-state index in [-0.39, 0.29) is 22.5 Å². The molecule has 10 heteroatoms. The van der Waals surface area contributed by atoms with Gasteiger partial charge in [-0.25, -0.2) is 17.9 Å². The van der Waals surface area contributed by atoms with Crippen LogP contribution in [-0.2, 0) is 10.0 Å². The van der Waals surface area contributed by atoms with Crippen molar-refractivity contribution in [3.05, 3.63) is 58.4 Å². The van der Waals surface area contributed by atoms with Gasteiger partial charge in [-0.1, -0.05) is 0 Å². The Bertz CT molecular complexity index is 942. The van der Waals surface area contributed by atoms with Crippen molar-refractivity contribution in [1.82, 2.24) is 0 Å². The molecule has 0 unspecified atom stereocenters. The van der Waals surface area contributed by atoms with E-state index in [1.54, 1.807) is 12.1 Å². The summed E-state index contributed by atoms with van der Waals surface area (Å²) in [5.41, 5.74) is 0.0343. The minimum Gasteiger partial charge on any atom is -0.490 e. The summed E-state index contributed by atoms with van der Waals surface area (Å²) in [6.07, 6.45) is 1.14. The van der Waals surface area contributed by atoms with Crippen LogP contribution in [0.25, 0.3) is 0 Å². The Morgan fingerprint density at radius 3 is 2.33 bits per heavy atom. The molecule has 1 saturated heterocycles. The van der Waals surface area contributed by atoms with E-state index >= 15 is 0 Å². The highest BCUT2D eigenvalue weighted by atomic mass is 32.2. The van der Waals surface area contributed by atoms with E-state index in [1.165, 1.54) is 24.3 Å². The van der Waals surface area contributed by atoms with E-state index in [4.69, 9.17) is 9.88 Å². The van der Waals surface area contributed by atoms with E-state index in [0.29, 0.717) is 37.4 Å². The first kappa shape index (κ1) is 19.1. The molecule has 0 atom stereocenters. The van der Waals surface area contributed by atoms with E-state index in [1.807, 2.05) is 4.90 Å². The largest absolute Gasteiger partial charge is 0.490 e. The summed E-state index contributed by atoms with van der Waals surface area (Å²) in [6.45, 7) is 1.00. The number of hydrogen-bond donors (Lipinski definition) is 1. The molecule has 0 amide bonds. The molecule has 2 aromatic rings. The Balaban J connectivity index is 1.72. The zero-order valence-electron chi connectivity index (χ0n) is 14.2. The number of rotatable bonds is 5. The number of nitro groups is 1. The van der Waals surface area contributed by atoms with Crippen LogP contribution in [0, 0.1) is 15.9 Å². The van der Waals surface area contributed by atoms with Crippen molar-refractivity contribution in [2.24, 2.45) is 5.14 Å². The topological polar surface area (TPSA) is 116 Å². The number of ether oxygens (including phenoxy) is 1. The summed E-state index contributed by atoms with van der Waals surface area (Å²) in [5, 5.41) is 16.4. The standard InChI is InChI=1S/C17H18FN3O5S/c18-12-1-3-13(4-2-12)26-14-7-9-20(10-8-14)16-6-5-15(27(19,24)25)11-17(16)21(22)23/h1-6,11,14H,7-10H2,(H2,19,24,25). The van der Waals surface area contributed by atoms with Crippen LogP contribution < -0.4 is 14.8 Å². The number of nitrogens with two attached hydrogens (primary N) is 1. The van der Waals surface area contributed by atoms with Gasteiger partial charge in [-0.3, -0.25) is 10.1 Å². The molecule has 2 aromatic carbocycles. The zero-order chi connectivity index (χ0) is 19.6. The van der Waals surface area contributed by atoms with Crippen molar-refractivity contribution in [3.8, 4) is 5.75 Å². The van der Waals surface area contributed by atoms with Crippen molar-refractivity contribution in [2.75, 3.05) is 18.0 Å². The van der Waals surface area contributed by atoms with Gasteiger partial charge < -0.3 is 9.64 Å². The molecule has 0 bridgehead atoms. The molecule has 3 rings (SSSR count). The molecular formula is C17H18FN3O5S. The van der Waals surface area contributed by atoms with Gasteiger partial charge in [-0.05, 0) is 36.4 Å². The first-order chi connectivity index (χ1) is 12.7. The number of nitrogens with zero attached hydrogens (tertiary/aromatic N) is 2. The van der Waals surface area contributed by atoms with Crippen LogP contribution in [0.4, 0.5) is 15.8 Å². The molecule has 0 aliphatic carbocycles. The van der Waals surface area contributed by atoms with Gasteiger partial charge in [-0.2, -0.15) is 0 Å². The molecule has 27 heavy (non-hydrogen) atoms. The Morgan fingerprint density at radius 2 is 1.78 bits per heavy atom. The molecule has 0 saturated carbocycles. The highest BCUT2D eigenvalue weighted by Gasteiger charge is 2.27. The van der Waals surface area contributed by atoms with Crippen LogP contribution in [0.5, 0.6) is 5.75 Å². The fourth-order valence-electron chi connectivity index (χ4n) is 3.01. The molecule has 0 aromatic heterocycles. The van der Waals surface area contributed by atoms with Gasteiger partial charge in [0.1, 0.15) is 23.4 Å². The molecule has 2 N–H and O–H groups in total. The maximum Gasteiger partial charge on any atom is 0.293 e. The van der Waals surface area contributed by atoms with Crippen LogP contribution in [-0.4, -0.2) is 32.5 Å². The number of anilines is 1. The number of hydrogen-bond acceptors (Lipinski definition) is 6. The number of halogens is 1. The van der Waals surface area contributed by atoms with Crippen LogP contribution in [0.3, 0.4) is 0 Å². The summed E-state index contributed by atoms with van der Waals surface area (Å²) in [4.78, 5) is 12.3. The van der Waals surface area contributed by atoms with Crippen molar-refractivity contribution >= 4 is 21.4 Å². The van der Waals surface area contributed by atoms with Crippen molar-refractivity contribution < 1.29 is 22.5 Å². The average molecular weight is 395 g/mol. The van der Waals surface area contributed by atoms with E-state index in [9.17, 15) is 22.9 Å². The molecule has 0 spiro atoms. The molecule has 1 fully saturated rings. The molecule has 144 valence electrons. The minimum atomic E-state index is -4.02. The second kappa shape index (κ2) is 7.49.